The van der Waals surface area contributed by atoms with Gasteiger partial charge in [-0.1, -0.05) is 25.1 Å². The summed E-state index contributed by atoms with van der Waals surface area (Å²) in [5, 5.41) is 3.48. The van der Waals surface area contributed by atoms with Crippen molar-refractivity contribution < 1.29 is 0 Å². The minimum atomic E-state index is 0.0572. The lowest BCUT2D eigenvalue weighted by Crippen LogP contribution is -2.30. The van der Waals surface area contributed by atoms with E-state index in [9.17, 15) is 4.79 Å². The Morgan fingerprint density at radius 1 is 1.10 bits per heavy atom. The highest BCUT2D eigenvalue weighted by Gasteiger charge is 2.12. The normalized spacial score (nSPS) is 12.4. The van der Waals surface area contributed by atoms with E-state index in [0.717, 1.165) is 12.1 Å². The molecule has 1 N–H and O–H groups in total. The van der Waals surface area contributed by atoms with E-state index in [2.05, 4.69) is 44.3 Å². The highest BCUT2D eigenvalue weighted by atomic mass is 16.1. The van der Waals surface area contributed by atoms with Crippen LogP contribution in [-0.4, -0.2) is 11.1 Å². The van der Waals surface area contributed by atoms with Gasteiger partial charge in [0.25, 0.3) is 5.56 Å². The molecule has 0 aliphatic rings. The molecule has 0 fully saturated rings. The summed E-state index contributed by atoms with van der Waals surface area (Å²) >= 11 is 0. The number of hydrogen-bond acceptors (Lipinski definition) is 2. The zero-order valence-corrected chi connectivity index (χ0v) is 13.3. The molecule has 112 valence electrons. The maximum atomic E-state index is 12.1. The fraction of sp³-hybridized carbons (Fsp3) is 0.389. The van der Waals surface area contributed by atoms with Crippen molar-refractivity contribution >= 4 is 0 Å². The largest absolute Gasteiger partial charge is 0.314 e. The number of likely N-dealkylation sites (N-methyl/N-ethyl adjacent to an activating group) is 1. The van der Waals surface area contributed by atoms with Gasteiger partial charge in [-0.2, -0.15) is 0 Å². The van der Waals surface area contributed by atoms with Crippen LogP contribution in [-0.2, 0) is 6.54 Å². The van der Waals surface area contributed by atoms with Gasteiger partial charge in [0.05, 0.1) is 6.04 Å². The van der Waals surface area contributed by atoms with E-state index < -0.39 is 0 Å². The molecule has 0 saturated heterocycles. The number of rotatable bonds is 5. The first kappa shape index (κ1) is 15.5. The van der Waals surface area contributed by atoms with Crippen LogP contribution in [0.4, 0.5) is 0 Å². The Labute approximate surface area is 126 Å². The van der Waals surface area contributed by atoms with Crippen LogP contribution in [0.5, 0.6) is 0 Å². The van der Waals surface area contributed by atoms with Crippen LogP contribution in [0.25, 0.3) is 0 Å². The van der Waals surface area contributed by atoms with Crippen LogP contribution in [0.1, 0.15) is 35.2 Å². The van der Waals surface area contributed by atoms with Crippen molar-refractivity contribution in [2.75, 3.05) is 6.54 Å². The molecule has 1 aromatic carbocycles. The van der Waals surface area contributed by atoms with Gasteiger partial charge in [-0.05, 0) is 55.6 Å². The average Bonchev–Trinajstić information content (AvgIpc) is 2.44. The summed E-state index contributed by atoms with van der Waals surface area (Å²) < 4.78 is 1.77. The van der Waals surface area contributed by atoms with Crippen molar-refractivity contribution in [1.29, 1.82) is 0 Å². The summed E-state index contributed by atoms with van der Waals surface area (Å²) in [5.74, 6) is 0. The predicted octanol–water partition coefficient (Wildman–Crippen LogP) is 3.12. The maximum Gasteiger partial charge on any atom is 0.250 e. The summed E-state index contributed by atoms with van der Waals surface area (Å²) in [6.07, 6.45) is 1.88. The van der Waals surface area contributed by atoms with E-state index in [0.29, 0.717) is 6.54 Å². The molecule has 0 aliphatic heterocycles. The monoisotopic (exact) mass is 284 g/mol. The number of aromatic nitrogens is 1. The topological polar surface area (TPSA) is 34.0 Å². The molecule has 0 saturated carbocycles. The van der Waals surface area contributed by atoms with Crippen molar-refractivity contribution in [2.24, 2.45) is 0 Å². The van der Waals surface area contributed by atoms with Gasteiger partial charge in [-0.25, -0.2) is 0 Å². The molecule has 21 heavy (non-hydrogen) atoms. The molecule has 0 spiro atoms. The number of aryl methyl sites for hydroxylation is 3. The molecular weight excluding hydrogens is 260 g/mol. The minimum Gasteiger partial charge on any atom is -0.314 e. The molecule has 3 nitrogen and oxygen atoms in total. The van der Waals surface area contributed by atoms with Crippen LogP contribution < -0.4 is 10.9 Å². The third-order valence-corrected chi connectivity index (χ3v) is 3.91. The number of benzene rings is 1. The molecule has 1 aromatic heterocycles. The van der Waals surface area contributed by atoms with E-state index in [1.54, 1.807) is 10.6 Å². The van der Waals surface area contributed by atoms with Crippen molar-refractivity contribution in [1.82, 2.24) is 9.88 Å². The van der Waals surface area contributed by atoms with E-state index >= 15 is 0 Å². The van der Waals surface area contributed by atoms with Crippen LogP contribution in [0.2, 0.25) is 0 Å². The van der Waals surface area contributed by atoms with Gasteiger partial charge >= 0.3 is 0 Å². The second-order valence-electron chi connectivity index (χ2n) is 5.65. The van der Waals surface area contributed by atoms with Crippen molar-refractivity contribution in [2.45, 2.75) is 40.3 Å². The summed E-state index contributed by atoms with van der Waals surface area (Å²) in [5.41, 5.74) is 4.87. The highest BCUT2D eigenvalue weighted by molar-refractivity contribution is 5.31. The number of nitrogens with zero attached hydrogens (tertiary/aromatic N) is 1. The van der Waals surface area contributed by atoms with Gasteiger partial charge < -0.3 is 9.88 Å². The lowest BCUT2D eigenvalue weighted by molar-refractivity contribution is 0.466. The molecule has 0 amide bonds. The number of hydrogen-bond donors (Lipinski definition) is 1. The molecule has 1 unspecified atom stereocenters. The zero-order valence-electron chi connectivity index (χ0n) is 13.3. The Bertz CT molecular complexity index is 673. The molecule has 1 heterocycles. The van der Waals surface area contributed by atoms with E-state index in [1.165, 1.54) is 16.7 Å². The molecule has 3 heteroatoms. The lowest BCUT2D eigenvalue weighted by atomic mass is 10.0. The molecule has 0 radical (unpaired) electrons. The van der Waals surface area contributed by atoms with Crippen molar-refractivity contribution in [3.8, 4) is 0 Å². The highest BCUT2D eigenvalue weighted by Crippen LogP contribution is 2.18. The lowest BCUT2D eigenvalue weighted by Gasteiger charge is -2.20. The zero-order chi connectivity index (χ0) is 15.4. The standard InChI is InChI=1S/C18H24N2O/c1-5-19-17(16-7-6-14(3)15(4)11-16)12-20-9-8-13(2)10-18(20)21/h6-11,17,19H,5,12H2,1-4H3. The summed E-state index contributed by atoms with van der Waals surface area (Å²) in [6.45, 7) is 9.79. The first-order valence-electron chi connectivity index (χ1n) is 7.49. The van der Waals surface area contributed by atoms with Crippen LogP contribution in [0.3, 0.4) is 0 Å². The van der Waals surface area contributed by atoms with Crippen molar-refractivity contribution in [3.63, 3.8) is 0 Å². The first-order valence-corrected chi connectivity index (χ1v) is 7.49. The number of pyridine rings is 1. The third kappa shape index (κ3) is 3.82. The number of nitrogens with one attached hydrogen (secondary N) is 1. The SMILES string of the molecule is CCNC(Cn1ccc(C)cc1=O)c1ccc(C)c(C)c1. The first-order chi connectivity index (χ1) is 10.0. The summed E-state index contributed by atoms with van der Waals surface area (Å²) in [6, 6.07) is 10.3. The van der Waals surface area contributed by atoms with E-state index in [-0.39, 0.29) is 11.6 Å². The van der Waals surface area contributed by atoms with Gasteiger partial charge in [0.15, 0.2) is 0 Å². The predicted molar refractivity (Wildman–Crippen MR) is 87.8 cm³/mol. The molecular formula is C18H24N2O. The Balaban J connectivity index is 2.30. The molecule has 0 aliphatic carbocycles. The second kappa shape index (κ2) is 6.72. The van der Waals surface area contributed by atoms with Gasteiger partial charge in [0, 0.05) is 18.8 Å². The minimum absolute atomic E-state index is 0.0572. The summed E-state index contributed by atoms with van der Waals surface area (Å²) in [4.78, 5) is 12.1. The molecule has 1 atom stereocenters. The Kier molecular flexibility index (Phi) is 4.97. The average molecular weight is 284 g/mol. The van der Waals surface area contributed by atoms with Gasteiger partial charge in [0.1, 0.15) is 0 Å². The van der Waals surface area contributed by atoms with Crippen LogP contribution in [0.15, 0.2) is 41.3 Å². The molecule has 0 bridgehead atoms. The second-order valence-corrected chi connectivity index (χ2v) is 5.65. The van der Waals surface area contributed by atoms with Crippen molar-refractivity contribution in [3.05, 3.63) is 69.1 Å². The van der Waals surface area contributed by atoms with E-state index in [4.69, 9.17) is 0 Å². The fourth-order valence-electron chi connectivity index (χ4n) is 2.47. The van der Waals surface area contributed by atoms with Gasteiger partial charge in [-0.15, -0.1) is 0 Å². The fourth-order valence-corrected chi connectivity index (χ4v) is 2.47. The van der Waals surface area contributed by atoms with Gasteiger partial charge in [-0.3, -0.25) is 4.79 Å². The Hall–Kier alpha value is -1.87. The summed E-state index contributed by atoms with van der Waals surface area (Å²) in [7, 11) is 0. The maximum absolute atomic E-state index is 12.1. The Morgan fingerprint density at radius 2 is 1.86 bits per heavy atom. The van der Waals surface area contributed by atoms with Crippen LogP contribution in [0, 0.1) is 20.8 Å². The molecule has 2 rings (SSSR count). The quantitative estimate of drug-likeness (QED) is 0.915. The molecule has 2 aromatic rings. The Morgan fingerprint density at radius 3 is 2.48 bits per heavy atom. The third-order valence-electron chi connectivity index (χ3n) is 3.91. The smallest absolute Gasteiger partial charge is 0.250 e. The van der Waals surface area contributed by atoms with E-state index in [1.807, 2.05) is 19.2 Å². The van der Waals surface area contributed by atoms with Crippen LogP contribution >= 0.6 is 0 Å². The van der Waals surface area contributed by atoms with Gasteiger partial charge in [0.2, 0.25) is 0 Å².